The molecule has 1 aromatic rings. The van der Waals surface area contributed by atoms with Gasteiger partial charge in [0.15, 0.2) is 0 Å². The van der Waals surface area contributed by atoms with Crippen molar-refractivity contribution in [3.8, 4) is 0 Å². The molecule has 0 aliphatic heterocycles. The van der Waals surface area contributed by atoms with Crippen molar-refractivity contribution in [1.82, 2.24) is 4.31 Å². The van der Waals surface area contributed by atoms with Gasteiger partial charge in [-0.1, -0.05) is 22.9 Å². The van der Waals surface area contributed by atoms with E-state index < -0.39 is 10.0 Å². The Morgan fingerprint density at radius 2 is 2.05 bits per heavy atom. The van der Waals surface area contributed by atoms with Gasteiger partial charge >= 0.3 is 0 Å². The van der Waals surface area contributed by atoms with Gasteiger partial charge in [0.2, 0.25) is 10.0 Å². The molecule has 0 saturated heterocycles. The van der Waals surface area contributed by atoms with Crippen molar-refractivity contribution in [2.24, 2.45) is 10.9 Å². The number of hydrogen-bond acceptors (Lipinski definition) is 4. The number of aryl methyl sites for hydroxylation is 2. The minimum atomic E-state index is -3.55. The van der Waals surface area contributed by atoms with E-state index in [4.69, 9.17) is 10.9 Å². The summed E-state index contributed by atoms with van der Waals surface area (Å²) in [6.07, 6.45) is 0.178. The molecule has 6 nitrogen and oxygen atoms in total. The SMILES string of the molecule is Cc1ccc(S(=O)(=O)N(C)CC/C(N)=N/O)c(C)c1. The van der Waals surface area contributed by atoms with Crippen molar-refractivity contribution >= 4 is 15.9 Å². The van der Waals surface area contributed by atoms with Gasteiger partial charge in [-0.3, -0.25) is 0 Å². The van der Waals surface area contributed by atoms with Gasteiger partial charge < -0.3 is 10.9 Å². The van der Waals surface area contributed by atoms with Crippen molar-refractivity contribution in [2.45, 2.75) is 25.2 Å². The van der Waals surface area contributed by atoms with Gasteiger partial charge in [0.1, 0.15) is 5.84 Å². The average Bonchev–Trinajstić information content (AvgIpc) is 2.34. The summed E-state index contributed by atoms with van der Waals surface area (Å²) in [7, 11) is -2.08. The third-order valence-corrected chi connectivity index (χ3v) is 4.85. The minimum absolute atomic E-state index is 0.00248. The van der Waals surface area contributed by atoms with E-state index in [0.717, 1.165) is 5.56 Å². The minimum Gasteiger partial charge on any atom is -0.409 e. The molecule has 7 heteroatoms. The van der Waals surface area contributed by atoms with Crippen molar-refractivity contribution in [1.29, 1.82) is 0 Å². The number of rotatable bonds is 5. The zero-order valence-electron chi connectivity index (χ0n) is 11.3. The Hall–Kier alpha value is -1.60. The summed E-state index contributed by atoms with van der Waals surface area (Å²) in [4.78, 5) is 0.278. The Labute approximate surface area is 113 Å². The Kier molecular flexibility index (Phi) is 4.90. The molecule has 106 valence electrons. The van der Waals surface area contributed by atoms with Gasteiger partial charge in [0, 0.05) is 20.0 Å². The highest BCUT2D eigenvalue weighted by atomic mass is 32.2. The molecule has 3 N–H and O–H groups in total. The second kappa shape index (κ2) is 6.03. The maximum atomic E-state index is 12.3. The fourth-order valence-electron chi connectivity index (χ4n) is 1.70. The zero-order chi connectivity index (χ0) is 14.6. The third kappa shape index (κ3) is 3.68. The molecule has 0 radical (unpaired) electrons. The second-order valence-electron chi connectivity index (χ2n) is 4.44. The van der Waals surface area contributed by atoms with Crippen LogP contribution in [0.25, 0.3) is 0 Å². The third-order valence-electron chi connectivity index (χ3n) is 2.83. The highest BCUT2D eigenvalue weighted by Crippen LogP contribution is 2.20. The van der Waals surface area contributed by atoms with Crippen LogP contribution in [-0.2, 0) is 10.0 Å². The first-order valence-corrected chi connectivity index (χ1v) is 7.23. The van der Waals surface area contributed by atoms with Gasteiger partial charge in [-0.15, -0.1) is 0 Å². The molecular weight excluding hydrogens is 266 g/mol. The van der Waals surface area contributed by atoms with Crippen molar-refractivity contribution in [3.63, 3.8) is 0 Å². The van der Waals surface area contributed by atoms with Crippen molar-refractivity contribution < 1.29 is 13.6 Å². The lowest BCUT2D eigenvalue weighted by atomic mass is 10.2. The number of sulfonamides is 1. The number of nitrogens with two attached hydrogens (primary N) is 1. The quantitative estimate of drug-likeness (QED) is 0.366. The first-order valence-electron chi connectivity index (χ1n) is 5.79. The highest BCUT2D eigenvalue weighted by molar-refractivity contribution is 7.89. The maximum Gasteiger partial charge on any atom is 0.243 e. The molecule has 0 amide bonds. The molecule has 1 aromatic carbocycles. The molecule has 19 heavy (non-hydrogen) atoms. The molecule has 0 aliphatic rings. The lowest BCUT2D eigenvalue weighted by molar-refractivity contribution is 0.316. The molecule has 0 saturated carbocycles. The van der Waals surface area contributed by atoms with E-state index in [2.05, 4.69) is 5.16 Å². The van der Waals surface area contributed by atoms with Crippen LogP contribution in [0.1, 0.15) is 17.5 Å². The summed E-state index contributed by atoms with van der Waals surface area (Å²) in [5.41, 5.74) is 7.05. The van der Waals surface area contributed by atoms with Crippen molar-refractivity contribution in [2.75, 3.05) is 13.6 Å². The van der Waals surface area contributed by atoms with E-state index in [1.54, 1.807) is 19.1 Å². The fraction of sp³-hybridized carbons (Fsp3) is 0.417. The standard InChI is InChI=1S/C12H19N3O3S/c1-9-4-5-11(10(2)8-9)19(17,18)15(3)7-6-12(13)14-16/h4-5,8,16H,6-7H2,1-3H3,(H2,13,14). The molecule has 0 fully saturated rings. The van der Waals surface area contributed by atoms with E-state index in [9.17, 15) is 8.42 Å². The lowest BCUT2D eigenvalue weighted by Crippen LogP contribution is -2.31. The van der Waals surface area contributed by atoms with Gasteiger partial charge in [-0.25, -0.2) is 12.7 Å². The number of benzene rings is 1. The number of nitrogens with zero attached hydrogens (tertiary/aromatic N) is 2. The Bertz CT molecular complexity index is 582. The maximum absolute atomic E-state index is 12.3. The van der Waals surface area contributed by atoms with E-state index in [1.807, 2.05) is 13.0 Å². The Morgan fingerprint density at radius 3 is 2.58 bits per heavy atom. The smallest absolute Gasteiger partial charge is 0.243 e. The van der Waals surface area contributed by atoms with Gasteiger partial charge in [0.25, 0.3) is 0 Å². The Morgan fingerprint density at radius 1 is 1.42 bits per heavy atom. The van der Waals surface area contributed by atoms with Crippen LogP contribution >= 0.6 is 0 Å². The largest absolute Gasteiger partial charge is 0.409 e. The van der Waals surface area contributed by atoms with Crippen molar-refractivity contribution in [3.05, 3.63) is 29.3 Å². The summed E-state index contributed by atoms with van der Waals surface area (Å²) in [5.74, 6) is 0.00248. The summed E-state index contributed by atoms with van der Waals surface area (Å²) >= 11 is 0. The molecule has 0 unspecified atom stereocenters. The molecule has 0 aliphatic carbocycles. The molecule has 1 rings (SSSR count). The summed E-state index contributed by atoms with van der Waals surface area (Å²) < 4.78 is 25.9. The van der Waals surface area contributed by atoms with Crippen LogP contribution in [0.4, 0.5) is 0 Å². The van der Waals surface area contributed by atoms with E-state index in [-0.39, 0.29) is 23.7 Å². The van der Waals surface area contributed by atoms with Crippen LogP contribution in [0.15, 0.2) is 28.3 Å². The average molecular weight is 285 g/mol. The number of hydrogen-bond donors (Lipinski definition) is 2. The van der Waals surface area contributed by atoms with Crippen LogP contribution in [0, 0.1) is 13.8 Å². The van der Waals surface area contributed by atoms with E-state index in [0.29, 0.717) is 5.56 Å². The summed E-state index contributed by atoms with van der Waals surface area (Å²) in [5, 5.41) is 11.3. The van der Waals surface area contributed by atoms with Gasteiger partial charge in [0.05, 0.1) is 4.90 Å². The lowest BCUT2D eigenvalue weighted by Gasteiger charge is -2.18. The molecular formula is C12H19N3O3S. The molecule has 0 aromatic heterocycles. The van der Waals surface area contributed by atoms with Gasteiger partial charge in [-0.2, -0.15) is 0 Å². The van der Waals surface area contributed by atoms with Crippen LogP contribution in [0.3, 0.4) is 0 Å². The molecule has 0 spiro atoms. The molecule has 0 heterocycles. The molecule has 0 bridgehead atoms. The van der Waals surface area contributed by atoms with E-state index >= 15 is 0 Å². The zero-order valence-corrected chi connectivity index (χ0v) is 12.1. The first-order chi connectivity index (χ1) is 8.78. The second-order valence-corrected chi connectivity index (χ2v) is 6.45. The number of oxime groups is 1. The van der Waals surface area contributed by atoms with E-state index in [1.165, 1.54) is 11.4 Å². The monoisotopic (exact) mass is 285 g/mol. The van der Waals surface area contributed by atoms with Gasteiger partial charge in [-0.05, 0) is 25.5 Å². The summed E-state index contributed by atoms with van der Waals surface area (Å²) in [6, 6.07) is 5.18. The van der Waals surface area contributed by atoms with Crippen LogP contribution in [0.5, 0.6) is 0 Å². The highest BCUT2D eigenvalue weighted by Gasteiger charge is 2.22. The predicted octanol–water partition coefficient (Wildman–Crippen LogP) is 1.06. The summed E-state index contributed by atoms with van der Waals surface area (Å²) in [6.45, 7) is 3.83. The topological polar surface area (TPSA) is 96.0 Å². The van der Waals surface area contributed by atoms with Crippen LogP contribution in [0.2, 0.25) is 0 Å². The van der Waals surface area contributed by atoms with Crippen LogP contribution < -0.4 is 5.73 Å². The Balaban J connectivity index is 2.97. The predicted molar refractivity (Wildman–Crippen MR) is 73.8 cm³/mol. The normalized spacial score (nSPS) is 12.9. The number of amidine groups is 1. The van der Waals surface area contributed by atoms with Crippen LogP contribution in [-0.4, -0.2) is 37.4 Å². The first kappa shape index (κ1) is 15.5. The fourth-order valence-corrected chi connectivity index (χ4v) is 3.07. The molecule has 0 atom stereocenters.